The molecule has 2 nitrogen and oxygen atoms in total. The minimum atomic E-state index is 0.682. The van der Waals surface area contributed by atoms with Crippen LogP contribution in [0.3, 0.4) is 0 Å². The number of thioether (sulfide) groups is 1. The fourth-order valence-corrected chi connectivity index (χ4v) is 2.92. The standard InChI is InChI=1S/C14H22BrNOS/c1-11(2)9-16-10-12-8-13(15)4-5-14(12)18-7-6-17-3/h4-5,8,11,16H,6-7,9-10H2,1-3H3. The van der Waals surface area contributed by atoms with E-state index < -0.39 is 0 Å². The Hall–Kier alpha value is -0.0300. The van der Waals surface area contributed by atoms with E-state index in [9.17, 15) is 0 Å². The molecule has 0 saturated carbocycles. The maximum absolute atomic E-state index is 5.09. The normalized spacial score (nSPS) is 11.2. The quantitative estimate of drug-likeness (QED) is 0.576. The molecule has 0 amide bonds. The molecular weight excluding hydrogens is 310 g/mol. The number of hydrogen-bond donors (Lipinski definition) is 1. The van der Waals surface area contributed by atoms with Gasteiger partial charge in [0.15, 0.2) is 0 Å². The van der Waals surface area contributed by atoms with Gasteiger partial charge in [-0.05, 0) is 36.2 Å². The molecule has 0 aromatic heterocycles. The Labute approximate surface area is 123 Å². The van der Waals surface area contributed by atoms with Crippen LogP contribution in [0.4, 0.5) is 0 Å². The van der Waals surface area contributed by atoms with Crippen molar-refractivity contribution in [3.63, 3.8) is 0 Å². The number of benzene rings is 1. The summed E-state index contributed by atoms with van der Waals surface area (Å²) >= 11 is 5.39. The summed E-state index contributed by atoms with van der Waals surface area (Å²) in [5, 5.41) is 3.49. The highest BCUT2D eigenvalue weighted by Gasteiger charge is 2.04. The maximum Gasteiger partial charge on any atom is 0.0556 e. The summed E-state index contributed by atoms with van der Waals surface area (Å²) in [5.41, 5.74) is 1.35. The average Bonchev–Trinajstić information content (AvgIpc) is 2.31. The molecule has 0 aliphatic carbocycles. The van der Waals surface area contributed by atoms with Crippen LogP contribution in [0.25, 0.3) is 0 Å². The smallest absolute Gasteiger partial charge is 0.0556 e. The molecular formula is C14H22BrNOS. The second kappa shape index (κ2) is 8.97. The van der Waals surface area contributed by atoms with Crippen LogP contribution in [-0.4, -0.2) is 26.0 Å². The Bertz CT molecular complexity index is 358. The van der Waals surface area contributed by atoms with Gasteiger partial charge >= 0.3 is 0 Å². The first-order chi connectivity index (χ1) is 8.63. The zero-order chi connectivity index (χ0) is 13.4. The van der Waals surface area contributed by atoms with E-state index >= 15 is 0 Å². The number of methoxy groups -OCH3 is 1. The summed E-state index contributed by atoms with van der Waals surface area (Å²) in [6, 6.07) is 6.47. The third-order valence-electron chi connectivity index (χ3n) is 2.44. The fourth-order valence-electron chi connectivity index (χ4n) is 1.56. The van der Waals surface area contributed by atoms with E-state index in [-0.39, 0.29) is 0 Å². The Balaban J connectivity index is 2.58. The SMILES string of the molecule is COCCSc1ccc(Br)cc1CNCC(C)C. The highest BCUT2D eigenvalue weighted by Crippen LogP contribution is 2.26. The first kappa shape index (κ1) is 16.0. The lowest BCUT2D eigenvalue weighted by Gasteiger charge is -2.12. The van der Waals surface area contributed by atoms with E-state index in [0.29, 0.717) is 5.92 Å². The van der Waals surface area contributed by atoms with Crippen molar-refractivity contribution in [3.8, 4) is 0 Å². The lowest BCUT2D eigenvalue weighted by atomic mass is 10.2. The van der Waals surface area contributed by atoms with Crippen LogP contribution in [-0.2, 0) is 11.3 Å². The Morgan fingerprint density at radius 2 is 2.17 bits per heavy atom. The fraction of sp³-hybridized carbons (Fsp3) is 0.571. The van der Waals surface area contributed by atoms with E-state index in [4.69, 9.17) is 4.74 Å². The maximum atomic E-state index is 5.09. The Kier molecular flexibility index (Phi) is 7.98. The van der Waals surface area contributed by atoms with Crippen molar-refractivity contribution in [1.82, 2.24) is 5.32 Å². The summed E-state index contributed by atoms with van der Waals surface area (Å²) in [7, 11) is 1.74. The number of nitrogens with one attached hydrogen (secondary N) is 1. The monoisotopic (exact) mass is 331 g/mol. The molecule has 0 aliphatic rings. The molecule has 0 bridgehead atoms. The molecule has 0 saturated heterocycles. The molecule has 0 heterocycles. The van der Waals surface area contributed by atoms with Crippen LogP contribution in [0.5, 0.6) is 0 Å². The molecule has 1 rings (SSSR count). The minimum Gasteiger partial charge on any atom is -0.384 e. The van der Waals surface area contributed by atoms with Gasteiger partial charge in [-0.3, -0.25) is 0 Å². The van der Waals surface area contributed by atoms with Gasteiger partial charge in [0.2, 0.25) is 0 Å². The third kappa shape index (κ3) is 6.23. The van der Waals surface area contributed by atoms with E-state index in [0.717, 1.165) is 29.9 Å². The molecule has 0 spiro atoms. The number of hydrogen-bond acceptors (Lipinski definition) is 3. The molecule has 1 aromatic rings. The van der Waals surface area contributed by atoms with Gasteiger partial charge in [0.1, 0.15) is 0 Å². The molecule has 1 aromatic carbocycles. The molecule has 0 fully saturated rings. The lowest BCUT2D eigenvalue weighted by Crippen LogP contribution is -2.19. The van der Waals surface area contributed by atoms with Crippen LogP contribution < -0.4 is 5.32 Å². The zero-order valence-corrected chi connectivity index (χ0v) is 13.7. The molecule has 102 valence electrons. The molecule has 0 unspecified atom stereocenters. The molecule has 0 radical (unpaired) electrons. The van der Waals surface area contributed by atoms with Gasteiger partial charge in [-0.1, -0.05) is 29.8 Å². The van der Waals surface area contributed by atoms with Crippen LogP contribution in [0.1, 0.15) is 19.4 Å². The Morgan fingerprint density at radius 3 is 2.83 bits per heavy atom. The highest BCUT2D eigenvalue weighted by atomic mass is 79.9. The molecule has 0 atom stereocenters. The van der Waals surface area contributed by atoms with Crippen LogP contribution in [0.2, 0.25) is 0 Å². The first-order valence-electron chi connectivity index (χ1n) is 6.24. The molecule has 1 N–H and O–H groups in total. The van der Waals surface area contributed by atoms with Crippen molar-refractivity contribution in [2.45, 2.75) is 25.3 Å². The molecule has 4 heteroatoms. The largest absolute Gasteiger partial charge is 0.384 e. The number of rotatable bonds is 8. The highest BCUT2D eigenvalue weighted by molar-refractivity contribution is 9.10. The van der Waals surface area contributed by atoms with E-state index in [1.165, 1.54) is 10.5 Å². The lowest BCUT2D eigenvalue weighted by molar-refractivity contribution is 0.218. The molecule has 0 aliphatic heterocycles. The second-order valence-electron chi connectivity index (χ2n) is 4.62. The third-order valence-corrected chi connectivity index (χ3v) is 4.01. The van der Waals surface area contributed by atoms with Crippen molar-refractivity contribution in [2.24, 2.45) is 5.92 Å². The van der Waals surface area contributed by atoms with Gasteiger partial charge in [0, 0.05) is 28.8 Å². The second-order valence-corrected chi connectivity index (χ2v) is 6.67. The first-order valence-corrected chi connectivity index (χ1v) is 8.02. The van der Waals surface area contributed by atoms with Gasteiger partial charge in [0.25, 0.3) is 0 Å². The predicted octanol–water partition coefficient (Wildman–Crippen LogP) is 3.93. The van der Waals surface area contributed by atoms with Crippen LogP contribution in [0.15, 0.2) is 27.6 Å². The van der Waals surface area contributed by atoms with Gasteiger partial charge in [0.05, 0.1) is 6.61 Å². The number of ether oxygens (including phenoxy) is 1. The van der Waals surface area contributed by atoms with Crippen molar-refractivity contribution < 1.29 is 4.74 Å². The van der Waals surface area contributed by atoms with Gasteiger partial charge < -0.3 is 10.1 Å². The van der Waals surface area contributed by atoms with E-state index in [2.05, 4.69) is 53.3 Å². The topological polar surface area (TPSA) is 21.3 Å². The predicted molar refractivity (Wildman–Crippen MR) is 83.3 cm³/mol. The summed E-state index contributed by atoms with van der Waals surface area (Å²) < 4.78 is 6.23. The van der Waals surface area contributed by atoms with Crippen LogP contribution in [0, 0.1) is 5.92 Å². The van der Waals surface area contributed by atoms with E-state index in [1.807, 2.05) is 11.8 Å². The number of halogens is 1. The molecule has 18 heavy (non-hydrogen) atoms. The minimum absolute atomic E-state index is 0.682. The zero-order valence-electron chi connectivity index (χ0n) is 11.3. The Morgan fingerprint density at radius 1 is 1.39 bits per heavy atom. The van der Waals surface area contributed by atoms with Gasteiger partial charge in [-0.25, -0.2) is 0 Å². The average molecular weight is 332 g/mol. The van der Waals surface area contributed by atoms with Crippen molar-refractivity contribution >= 4 is 27.7 Å². The summed E-state index contributed by atoms with van der Waals surface area (Å²) in [4.78, 5) is 1.34. The van der Waals surface area contributed by atoms with Crippen molar-refractivity contribution in [3.05, 3.63) is 28.2 Å². The van der Waals surface area contributed by atoms with Crippen molar-refractivity contribution in [2.75, 3.05) is 26.0 Å². The van der Waals surface area contributed by atoms with E-state index in [1.54, 1.807) is 7.11 Å². The van der Waals surface area contributed by atoms with Gasteiger partial charge in [-0.15, -0.1) is 11.8 Å². The summed E-state index contributed by atoms with van der Waals surface area (Å²) in [6.45, 7) is 7.21. The summed E-state index contributed by atoms with van der Waals surface area (Å²) in [6.07, 6.45) is 0. The summed E-state index contributed by atoms with van der Waals surface area (Å²) in [5.74, 6) is 1.68. The van der Waals surface area contributed by atoms with Gasteiger partial charge in [-0.2, -0.15) is 0 Å². The van der Waals surface area contributed by atoms with Crippen molar-refractivity contribution in [1.29, 1.82) is 0 Å². The van der Waals surface area contributed by atoms with Crippen LogP contribution >= 0.6 is 27.7 Å².